The van der Waals surface area contributed by atoms with Crippen LogP contribution in [0.25, 0.3) is 10.9 Å². The molecule has 0 fully saturated rings. The molecule has 0 aliphatic carbocycles. The van der Waals surface area contributed by atoms with E-state index >= 15 is 0 Å². The largest absolute Gasteiger partial charge is 0.410 e. The molecule has 0 spiro atoms. The summed E-state index contributed by atoms with van der Waals surface area (Å²) in [4.78, 5) is 36.9. The second-order valence-corrected chi connectivity index (χ2v) is 12.9. The number of anilines is 2. The number of hydrogen-bond acceptors (Lipinski definition) is 9. The standard InChI is InChI=1S/C27H28ClF3N8O4S/c1-13-8-17(14(2)32-19-6-7-21(28)33-23(19)24(40)36-44(5,42)43)22-18(9-13)25(41)37(4)26(34-22)38-10-16-11-39(35-20(16)12-38)15(3)27(29,30)31/h6-9,11,14-15,32H,10,12H2,1-5H3,(H,36,40)/t14-,15+/m1/s1. The zero-order valence-corrected chi connectivity index (χ0v) is 25.8. The lowest BCUT2D eigenvalue weighted by Crippen LogP contribution is -2.31. The molecule has 1 aliphatic rings. The van der Waals surface area contributed by atoms with Crippen LogP contribution in [0.3, 0.4) is 0 Å². The predicted octanol–water partition coefficient (Wildman–Crippen LogP) is 3.99. The molecule has 0 saturated heterocycles. The van der Waals surface area contributed by atoms with E-state index in [0.29, 0.717) is 33.7 Å². The first-order valence-corrected chi connectivity index (χ1v) is 15.5. The molecule has 1 amide bonds. The summed E-state index contributed by atoms with van der Waals surface area (Å²) in [5.74, 6) is -0.678. The Bertz CT molecular complexity index is 1950. The van der Waals surface area contributed by atoms with Crippen molar-refractivity contribution < 1.29 is 26.4 Å². The van der Waals surface area contributed by atoms with Gasteiger partial charge < -0.3 is 10.2 Å². The van der Waals surface area contributed by atoms with Gasteiger partial charge in [-0.1, -0.05) is 17.7 Å². The molecule has 0 radical (unpaired) electrons. The highest BCUT2D eigenvalue weighted by molar-refractivity contribution is 7.89. The van der Waals surface area contributed by atoms with Gasteiger partial charge in [0.25, 0.3) is 11.5 Å². The molecule has 2 atom stereocenters. The molecule has 2 N–H and O–H groups in total. The van der Waals surface area contributed by atoms with Crippen LogP contribution in [0.4, 0.5) is 24.8 Å². The number of hydrogen-bond donors (Lipinski definition) is 2. The number of aromatic nitrogens is 5. The quantitative estimate of drug-likeness (QED) is 0.283. The molecule has 5 rings (SSSR count). The molecule has 3 aromatic heterocycles. The maximum absolute atomic E-state index is 13.6. The summed E-state index contributed by atoms with van der Waals surface area (Å²) >= 11 is 5.99. The fourth-order valence-corrected chi connectivity index (χ4v) is 5.65. The minimum Gasteiger partial charge on any atom is -0.377 e. The third-order valence-corrected chi connectivity index (χ3v) is 8.04. The molecule has 12 nitrogen and oxygen atoms in total. The SMILES string of the molecule is Cc1cc([C@@H](C)Nc2ccc(Cl)nc2C(=O)NS(C)(=O)=O)c2nc(N3Cc4cn([C@@H](C)C(F)(F)F)nc4C3)n(C)c(=O)c2c1. The number of sulfonamides is 1. The number of halogens is 4. The highest BCUT2D eigenvalue weighted by atomic mass is 35.5. The zero-order valence-electron chi connectivity index (χ0n) is 24.2. The van der Waals surface area contributed by atoms with Crippen LogP contribution in [0.2, 0.25) is 5.15 Å². The number of nitrogens with zero attached hydrogens (tertiary/aromatic N) is 6. The van der Waals surface area contributed by atoms with E-state index in [4.69, 9.17) is 16.6 Å². The number of rotatable bonds is 7. The number of amides is 1. The molecule has 0 saturated carbocycles. The molecular weight excluding hydrogens is 625 g/mol. The fraction of sp³-hybridized carbons (Fsp3) is 0.370. The van der Waals surface area contributed by atoms with E-state index in [2.05, 4.69) is 15.4 Å². The van der Waals surface area contributed by atoms with Crippen LogP contribution >= 0.6 is 11.6 Å². The maximum Gasteiger partial charge on any atom is 0.410 e. The zero-order chi connectivity index (χ0) is 32.3. The van der Waals surface area contributed by atoms with Crippen LogP contribution in [0.1, 0.15) is 58.8 Å². The van der Waals surface area contributed by atoms with Gasteiger partial charge in [0.05, 0.1) is 41.1 Å². The Morgan fingerprint density at radius 3 is 2.48 bits per heavy atom. The number of alkyl halides is 3. The Kier molecular flexibility index (Phi) is 7.86. The molecule has 234 valence electrons. The lowest BCUT2D eigenvalue weighted by Gasteiger charge is -2.23. The summed E-state index contributed by atoms with van der Waals surface area (Å²) in [6.45, 7) is 4.99. The van der Waals surface area contributed by atoms with Gasteiger partial charge >= 0.3 is 6.18 Å². The van der Waals surface area contributed by atoms with Gasteiger partial charge in [0.2, 0.25) is 16.0 Å². The van der Waals surface area contributed by atoms with E-state index < -0.39 is 34.2 Å². The van der Waals surface area contributed by atoms with E-state index in [1.165, 1.54) is 22.9 Å². The van der Waals surface area contributed by atoms with Gasteiger partial charge in [0.15, 0.2) is 5.69 Å². The van der Waals surface area contributed by atoms with E-state index in [9.17, 15) is 31.2 Å². The van der Waals surface area contributed by atoms with E-state index in [0.717, 1.165) is 23.4 Å². The molecule has 0 bridgehead atoms. The van der Waals surface area contributed by atoms with Crippen molar-refractivity contribution in [2.45, 2.75) is 52.1 Å². The first kappa shape index (κ1) is 31.3. The van der Waals surface area contributed by atoms with Crippen molar-refractivity contribution >= 4 is 50.1 Å². The number of aryl methyl sites for hydroxylation is 1. The summed E-state index contributed by atoms with van der Waals surface area (Å²) in [6.07, 6.45) is -2.24. The molecule has 44 heavy (non-hydrogen) atoms. The summed E-state index contributed by atoms with van der Waals surface area (Å²) in [5.41, 5.74) is 2.42. The number of carbonyl (C=O) groups excluding carboxylic acids is 1. The Morgan fingerprint density at radius 1 is 1.14 bits per heavy atom. The highest BCUT2D eigenvalue weighted by Crippen LogP contribution is 2.34. The lowest BCUT2D eigenvalue weighted by atomic mass is 10.0. The maximum atomic E-state index is 13.6. The Labute approximate surface area is 254 Å². The average Bonchev–Trinajstić information content (AvgIpc) is 3.49. The van der Waals surface area contributed by atoms with Gasteiger partial charge in [-0.2, -0.15) is 18.3 Å². The molecule has 4 heterocycles. The first-order chi connectivity index (χ1) is 20.4. The van der Waals surface area contributed by atoms with Gasteiger partial charge in [0, 0.05) is 30.9 Å². The monoisotopic (exact) mass is 652 g/mol. The van der Waals surface area contributed by atoms with Crippen molar-refractivity contribution in [1.82, 2.24) is 29.0 Å². The Morgan fingerprint density at radius 2 is 1.84 bits per heavy atom. The topological polar surface area (TPSA) is 144 Å². The Balaban J connectivity index is 1.51. The van der Waals surface area contributed by atoms with Crippen LogP contribution in [-0.4, -0.2) is 51.1 Å². The fourth-order valence-electron chi connectivity index (χ4n) is 5.07. The second-order valence-electron chi connectivity index (χ2n) is 10.8. The molecular formula is C27H28ClF3N8O4S. The normalized spacial score (nSPS) is 14.9. The molecule has 0 unspecified atom stereocenters. The molecule has 1 aromatic carbocycles. The van der Waals surface area contributed by atoms with Crippen molar-refractivity contribution in [2.75, 3.05) is 16.5 Å². The van der Waals surface area contributed by atoms with Crippen molar-refractivity contribution in [1.29, 1.82) is 0 Å². The smallest absolute Gasteiger partial charge is 0.377 e. The Hall–Kier alpha value is -4.18. The summed E-state index contributed by atoms with van der Waals surface area (Å²) in [6, 6.07) is 4.11. The van der Waals surface area contributed by atoms with Crippen molar-refractivity contribution in [3.8, 4) is 0 Å². The minimum absolute atomic E-state index is 0.0243. The van der Waals surface area contributed by atoms with Crippen LogP contribution in [0, 0.1) is 6.92 Å². The van der Waals surface area contributed by atoms with Crippen molar-refractivity contribution in [3.63, 3.8) is 0 Å². The van der Waals surface area contributed by atoms with Crippen LogP contribution < -0.4 is 20.5 Å². The lowest BCUT2D eigenvalue weighted by molar-refractivity contribution is -0.165. The van der Waals surface area contributed by atoms with Crippen LogP contribution in [0.15, 0.2) is 35.3 Å². The van der Waals surface area contributed by atoms with E-state index in [1.807, 2.05) is 17.7 Å². The van der Waals surface area contributed by atoms with Gasteiger partial charge in [-0.15, -0.1) is 0 Å². The first-order valence-electron chi connectivity index (χ1n) is 13.3. The molecule has 1 aliphatic heterocycles. The summed E-state index contributed by atoms with van der Waals surface area (Å²) < 4.78 is 67.2. The number of benzene rings is 1. The number of pyridine rings is 1. The molecule has 4 aromatic rings. The number of carbonyl (C=O) groups is 1. The molecule has 17 heteroatoms. The predicted molar refractivity (Wildman–Crippen MR) is 158 cm³/mol. The van der Waals surface area contributed by atoms with Gasteiger partial charge in [0.1, 0.15) is 11.2 Å². The minimum atomic E-state index is -4.44. The van der Waals surface area contributed by atoms with Crippen LogP contribution in [0.5, 0.6) is 0 Å². The van der Waals surface area contributed by atoms with E-state index in [-0.39, 0.29) is 35.2 Å². The van der Waals surface area contributed by atoms with Gasteiger partial charge in [-0.3, -0.25) is 18.8 Å². The van der Waals surface area contributed by atoms with E-state index in [1.54, 1.807) is 24.9 Å². The summed E-state index contributed by atoms with van der Waals surface area (Å²) in [7, 11) is -2.31. The van der Waals surface area contributed by atoms with Crippen LogP contribution in [-0.2, 0) is 30.2 Å². The third kappa shape index (κ3) is 6.08. The van der Waals surface area contributed by atoms with Gasteiger partial charge in [-0.05, 0) is 44.5 Å². The number of nitrogens with one attached hydrogen (secondary N) is 2. The number of fused-ring (bicyclic) bond motifs is 2. The van der Waals surface area contributed by atoms with Crippen molar-refractivity contribution in [3.05, 3.63) is 74.0 Å². The third-order valence-electron chi connectivity index (χ3n) is 7.27. The summed E-state index contributed by atoms with van der Waals surface area (Å²) in [5, 5.41) is 7.62. The van der Waals surface area contributed by atoms with Crippen molar-refractivity contribution in [2.24, 2.45) is 7.05 Å². The second kappa shape index (κ2) is 11.1. The van der Waals surface area contributed by atoms with Gasteiger partial charge in [-0.25, -0.2) is 23.1 Å². The highest BCUT2D eigenvalue weighted by Gasteiger charge is 2.39. The average molecular weight is 653 g/mol.